The van der Waals surface area contributed by atoms with Crippen molar-refractivity contribution in [1.82, 2.24) is 10.3 Å². The zero-order valence-corrected chi connectivity index (χ0v) is 13.1. The maximum atomic E-state index is 13.2. The van der Waals surface area contributed by atoms with E-state index in [-0.39, 0.29) is 17.6 Å². The van der Waals surface area contributed by atoms with E-state index in [2.05, 4.69) is 10.3 Å². The molecule has 0 radical (unpaired) electrons. The van der Waals surface area contributed by atoms with E-state index < -0.39 is 0 Å². The number of nitrogens with zero attached hydrogens (tertiary/aromatic N) is 1. The van der Waals surface area contributed by atoms with Gasteiger partial charge in [-0.15, -0.1) is 11.3 Å². The van der Waals surface area contributed by atoms with Crippen LogP contribution in [0.3, 0.4) is 0 Å². The zero-order valence-electron chi connectivity index (χ0n) is 12.3. The Labute approximate surface area is 137 Å². The fourth-order valence-electron chi connectivity index (χ4n) is 2.91. The second kappa shape index (κ2) is 5.74. The Balaban J connectivity index is 1.38. The minimum atomic E-state index is -0.233. The topological polar surface area (TPSA) is 42.0 Å². The molecule has 3 aromatic rings. The third-order valence-electron chi connectivity index (χ3n) is 4.21. The number of aromatic nitrogens is 1. The van der Waals surface area contributed by atoms with E-state index >= 15 is 0 Å². The molecule has 1 aliphatic carbocycles. The molecule has 2 heterocycles. The molecular weight excluding hydrogens is 311 g/mol. The Bertz CT molecular complexity index is 862. The number of fused-ring (bicyclic) bond motifs is 1. The van der Waals surface area contributed by atoms with Crippen LogP contribution in [0.1, 0.15) is 22.8 Å². The van der Waals surface area contributed by atoms with Crippen molar-refractivity contribution in [1.29, 1.82) is 0 Å². The molecule has 1 fully saturated rings. The van der Waals surface area contributed by atoms with Gasteiger partial charge in [0.05, 0.1) is 6.54 Å². The van der Waals surface area contributed by atoms with Crippen molar-refractivity contribution >= 4 is 27.3 Å². The highest BCUT2D eigenvalue weighted by Crippen LogP contribution is 2.47. The summed E-state index contributed by atoms with van der Waals surface area (Å²) in [7, 11) is 0. The van der Waals surface area contributed by atoms with Gasteiger partial charge in [0.2, 0.25) is 5.91 Å². The number of carbonyl (C=O) groups is 1. The fraction of sp³-hybridized carbons (Fsp3) is 0.222. The van der Waals surface area contributed by atoms with Gasteiger partial charge in [0.1, 0.15) is 5.82 Å². The molecule has 116 valence electrons. The summed E-state index contributed by atoms with van der Waals surface area (Å²) in [6.07, 6.45) is 4.46. The molecule has 2 atom stereocenters. The molecular formula is C18H15FN2OS. The van der Waals surface area contributed by atoms with Crippen molar-refractivity contribution in [2.45, 2.75) is 18.9 Å². The fourth-order valence-corrected chi connectivity index (χ4v) is 3.89. The average molecular weight is 326 g/mol. The normalized spacial score (nSPS) is 19.7. The van der Waals surface area contributed by atoms with Crippen LogP contribution in [0.15, 0.2) is 48.8 Å². The summed E-state index contributed by atoms with van der Waals surface area (Å²) < 4.78 is 14.2. The van der Waals surface area contributed by atoms with Crippen LogP contribution in [0.5, 0.6) is 0 Å². The number of hydrogen-bond donors (Lipinski definition) is 1. The lowest BCUT2D eigenvalue weighted by Gasteiger charge is -2.03. The number of rotatable bonds is 4. The number of carbonyl (C=O) groups excluding carboxylic acids is 1. The van der Waals surface area contributed by atoms with Crippen molar-refractivity contribution < 1.29 is 9.18 Å². The lowest BCUT2D eigenvalue weighted by Crippen LogP contribution is -2.24. The molecule has 1 amide bonds. The first kappa shape index (κ1) is 14.3. The van der Waals surface area contributed by atoms with Crippen molar-refractivity contribution in [3.63, 3.8) is 0 Å². The Morgan fingerprint density at radius 3 is 3.09 bits per heavy atom. The Morgan fingerprint density at radius 1 is 1.35 bits per heavy atom. The number of pyridine rings is 1. The molecule has 0 bridgehead atoms. The van der Waals surface area contributed by atoms with Gasteiger partial charge in [-0.1, -0.05) is 6.07 Å². The molecule has 1 aliphatic rings. The Morgan fingerprint density at radius 2 is 2.26 bits per heavy atom. The van der Waals surface area contributed by atoms with Crippen LogP contribution in [0, 0.1) is 11.7 Å². The van der Waals surface area contributed by atoms with Crippen LogP contribution in [0.4, 0.5) is 4.39 Å². The first-order valence-electron chi connectivity index (χ1n) is 7.56. The number of halogens is 1. The van der Waals surface area contributed by atoms with E-state index in [1.54, 1.807) is 23.6 Å². The summed E-state index contributed by atoms with van der Waals surface area (Å²) in [6, 6.07) is 10.6. The van der Waals surface area contributed by atoms with Crippen LogP contribution in [0.2, 0.25) is 0 Å². The number of nitrogens with one attached hydrogen (secondary N) is 1. The summed E-state index contributed by atoms with van der Waals surface area (Å²) in [4.78, 5) is 17.4. The molecule has 0 spiro atoms. The zero-order chi connectivity index (χ0) is 15.8. The Kier molecular flexibility index (Phi) is 3.58. The van der Waals surface area contributed by atoms with Gasteiger partial charge >= 0.3 is 0 Å². The summed E-state index contributed by atoms with van der Waals surface area (Å²) in [6.45, 7) is 0.496. The largest absolute Gasteiger partial charge is 0.351 e. The van der Waals surface area contributed by atoms with Gasteiger partial charge in [0.25, 0.3) is 0 Å². The van der Waals surface area contributed by atoms with Gasteiger partial charge in [0, 0.05) is 27.9 Å². The minimum Gasteiger partial charge on any atom is -0.351 e. The molecule has 1 saturated carbocycles. The second-order valence-corrected chi connectivity index (χ2v) is 7.02. The maximum Gasteiger partial charge on any atom is 0.224 e. The number of amides is 1. The van der Waals surface area contributed by atoms with Gasteiger partial charge in [0.15, 0.2) is 0 Å². The standard InChI is InChI=1S/C18H15FN2OS/c19-13-3-4-17-12(6-13)7-14(23-17)10-21-18(22)16-8-15(16)11-2-1-5-20-9-11/h1-7,9,15-16H,8,10H2,(H,21,22)/t15-,16-/m1/s1. The predicted molar refractivity (Wildman–Crippen MR) is 88.7 cm³/mol. The molecule has 0 aliphatic heterocycles. The third kappa shape index (κ3) is 2.97. The van der Waals surface area contributed by atoms with Gasteiger partial charge in [-0.2, -0.15) is 0 Å². The monoisotopic (exact) mass is 326 g/mol. The first-order valence-corrected chi connectivity index (χ1v) is 8.38. The average Bonchev–Trinajstić information content (AvgIpc) is 3.27. The smallest absolute Gasteiger partial charge is 0.224 e. The lowest BCUT2D eigenvalue weighted by atomic mass is 10.1. The molecule has 0 unspecified atom stereocenters. The second-order valence-electron chi connectivity index (χ2n) is 5.85. The summed E-state index contributed by atoms with van der Waals surface area (Å²) in [5, 5.41) is 3.88. The highest BCUT2D eigenvalue weighted by Gasteiger charge is 2.43. The summed E-state index contributed by atoms with van der Waals surface area (Å²) in [5.74, 6) is 0.192. The molecule has 4 rings (SSSR count). The first-order chi connectivity index (χ1) is 11.2. The van der Waals surface area contributed by atoms with E-state index in [9.17, 15) is 9.18 Å². The quantitative estimate of drug-likeness (QED) is 0.791. The molecule has 3 nitrogen and oxygen atoms in total. The SMILES string of the molecule is O=C(NCc1cc2cc(F)ccc2s1)[C@@H]1C[C@@H]1c1cccnc1. The van der Waals surface area contributed by atoms with Gasteiger partial charge < -0.3 is 5.32 Å². The minimum absolute atomic E-state index is 0.0472. The van der Waals surface area contributed by atoms with E-state index in [0.717, 1.165) is 26.9 Å². The summed E-state index contributed by atoms with van der Waals surface area (Å²) in [5.41, 5.74) is 1.13. The number of thiophene rings is 1. The molecule has 1 aromatic carbocycles. The van der Waals surface area contributed by atoms with Gasteiger partial charge in [-0.25, -0.2) is 4.39 Å². The van der Waals surface area contributed by atoms with Crippen molar-refractivity contribution in [3.05, 3.63) is 65.0 Å². The van der Waals surface area contributed by atoms with E-state index in [1.165, 1.54) is 12.1 Å². The lowest BCUT2D eigenvalue weighted by molar-refractivity contribution is -0.122. The molecule has 23 heavy (non-hydrogen) atoms. The molecule has 5 heteroatoms. The van der Waals surface area contributed by atoms with Crippen LogP contribution >= 0.6 is 11.3 Å². The van der Waals surface area contributed by atoms with Crippen molar-refractivity contribution in [2.24, 2.45) is 5.92 Å². The summed E-state index contributed by atoms with van der Waals surface area (Å²) >= 11 is 1.59. The van der Waals surface area contributed by atoms with Crippen LogP contribution < -0.4 is 5.32 Å². The van der Waals surface area contributed by atoms with Crippen LogP contribution in [-0.4, -0.2) is 10.9 Å². The van der Waals surface area contributed by atoms with Crippen LogP contribution in [-0.2, 0) is 11.3 Å². The highest BCUT2D eigenvalue weighted by molar-refractivity contribution is 7.19. The number of hydrogen-bond acceptors (Lipinski definition) is 3. The van der Waals surface area contributed by atoms with Crippen molar-refractivity contribution in [2.75, 3.05) is 0 Å². The molecule has 1 N–H and O–H groups in total. The van der Waals surface area contributed by atoms with E-state index in [4.69, 9.17) is 0 Å². The maximum absolute atomic E-state index is 13.2. The highest BCUT2D eigenvalue weighted by atomic mass is 32.1. The predicted octanol–water partition coefficient (Wildman–Crippen LogP) is 3.86. The third-order valence-corrected chi connectivity index (χ3v) is 5.32. The van der Waals surface area contributed by atoms with E-state index in [0.29, 0.717) is 12.5 Å². The van der Waals surface area contributed by atoms with Gasteiger partial charge in [-0.05, 0) is 53.6 Å². The van der Waals surface area contributed by atoms with Crippen molar-refractivity contribution in [3.8, 4) is 0 Å². The van der Waals surface area contributed by atoms with Crippen LogP contribution in [0.25, 0.3) is 10.1 Å². The molecule has 0 saturated heterocycles. The Hall–Kier alpha value is -2.27. The van der Waals surface area contributed by atoms with E-state index in [1.807, 2.05) is 24.4 Å². The molecule has 2 aromatic heterocycles. The van der Waals surface area contributed by atoms with Gasteiger partial charge in [-0.3, -0.25) is 9.78 Å². The number of benzene rings is 1.